The molecule has 0 saturated heterocycles. The van der Waals surface area contributed by atoms with Crippen LogP contribution in [0.15, 0.2) is 0 Å². The third-order valence-electron chi connectivity index (χ3n) is 1.65. The summed E-state index contributed by atoms with van der Waals surface area (Å²) in [6.45, 7) is -0.456. The van der Waals surface area contributed by atoms with E-state index in [0.29, 0.717) is 0 Å². The molecule has 0 fully saturated rings. The van der Waals surface area contributed by atoms with E-state index in [4.69, 9.17) is 15.3 Å². The second-order valence-corrected chi connectivity index (χ2v) is 3.08. The first-order valence-corrected chi connectivity index (χ1v) is 4.56. The van der Waals surface area contributed by atoms with Crippen molar-refractivity contribution in [3.8, 4) is 0 Å². The molecule has 0 saturated carbocycles. The van der Waals surface area contributed by atoms with Crippen LogP contribution >= 0.6 is 12.6 Å². The standard InChI is InChI=1S/C7H11NO6S/c9-5(10)3(6(11)12)1-8-4(2-15)7(13)14/h3-4,8,15H,1-2H2,(H,9,10)(H,11,12)(H,13,14)/t4-/m0/s1. The average molecular weight is 237 g/mol. The van der Waals surface area contributed by atoms with Crippen molar-refractivity contribution in [2.24, 2.45) is 5.92 Å². The molecule has 7 nitrogen and oxygen atoms in total. The number of carboxylic acids is 3. The van der Waals surface area contributed by atoms with E-state index in [0.717, 1.165) is 0 Å². The predicted octanol–water partition coefficient (Wildman–Crippen LogP) is -1.26. The molecule has 0 bridgehead atoms. The number of thiol groups is 1. The van der Waals surface area contributed by atoms with Crippen molar-refractivity contribution >= 4 is 30.5 Å². The van der Waals surface area contributed by atoms with E-state index in [1.54, 1.807) is 0 Å². The molecule has 0 aliphatic heterocycles. The van der Waals surface area contributed by atoms with Gasteiger partial charge < -0.3 is 20.6 Å². The van der Waals surface area contributed by atoms with Crippen molar-refractivity contribution in [3.05, 3.63) is 0 Å². The SMILES string of the molecule is O=C(O)C(CN[C@@H](CS)C(=O)O)C(=O)O. The lowest BCUT2D eigenvalue weighted by Gasteiger charge is -2.13. The smallest absolute Gasteiger partial charge is 0.321 e. The summed E-state index contributed by atoms with van der Waals surface area (Å²) in [7, 11) is 0. The van der Waals surface area contributed by atoms with Crippen molar-refractivity contribution in [1.29, 1.82) is 0 Å². The highest BCUT2D eigenvalue weighted by atomic mass is 32.1. The molecule has 1 atom stereocenters. The van der Waals surface area contributed by atoms with E-state index in [9.17, 15) is 14.4 Å². The van der Waals surface area contributed by atoms with Crippen LogP contribution in [0.2, 0.25) is 0 Å². The lowest BCUT2D eigenvalue weighted by molar-refractivity contribution is -0.154. The van der Waals surface area contributed by atoms with Crippen LogP contribution in [-0.2, 0) is 14.4 Å². The van der Waals surface area contributed by atoms with Crippen LogP contribution in [0.4, 0.5) is 0 Å². The minimum absolute atomic E-state index is 0.0543. The molecule has 0 rings (SSSR count). The fourth-order valence-corrected chi connectivity index (χ4v) is 1.06. The van der Waals surface area contributed by atoms with Gasteiger partial charge in [-0.25, -0.2) is 0 Å². The first kappa shape index (κ1) is 13.7. The molecule has 0 aliphatic carbocycles. The Morgan fingerprint density at radius 2 is 1.53 bits per heavy atom. The van der Waals surface area contributed by atoms with Crippen LogP contribution in [0.5, 0.6) is 0 Å². The van der Waals surface area contributed by atoms with Gasteiger partial charge in [0.05, 0.1) is 0 Å². The third kappa shape index (κ3) is 4.66. The summed E-state index contributed by atoms with van der Waals surface area (Å²) in [5, 5.41) is 27.8. The Labute approximate surface area is 90.5 Å². The van der Waals surface area contributed by atoms with E-state index >= 15 is 0 Å². The molecule has 0 radical (unpaired) electrons. The van der Waals surface area contributed by atoms with Crippen molar-refractivity contribution in [1.82, 2.24) is 5.32 Å². The fraction of sp³-hybridized carbons (Fsp3) is 0.571. The van der Waals surface area contributed by atoms with Crippen LogP contribution in [0.1, 0.15) is 0 Å². The molecule has 0 aliphatic rings. The second kappa shape index (κ2) is 6.25. The van der Waals surface area contributed by atoms with Gasteiger partial charge in [-0.1, -0.05) is 0 Å². The van der Waals surface area contributed by atoms with Gasteiger partial charge in [-0.05, 0) is 0 Å². The lowest BCUT2D eigenvalue weighted by atomic mass is 10.1. The summed E-state index contributed by atoms with van der Waals surface area (Å²) in [6, 6.07) is -1.06. The molecular formula is C7H11NO6S. The molecular weight excluding hydrogens is 226 g/mol. The summed E-state index contributed by atoms with van der Waals surface area (Å²) in [5.74, 6) is -5.95. The van der Waals surface area contributed by atoms with E-state index in [1.807, 2.05) is 0 Å². The van der Waals surface area contributed by atoms with Crippen molar-refractivity contribution in [3.63, 3.8) is 0 Å². The molecule has 86 valence electrons. The van der Waals surface area contributed by atoms with Gasteiger partial charge >= 0.3 is 17.9 Å². The van der Waals surface area contributed by atoms with Gasteiger partial charge in [-0.15, -0.1) is 0 Å². The zero-order valence-electron chi connectivity index (χ0n) is 7.58. The summed E-state index contributed by atoms with van der Waals surface area (Å²) in [5.41, 5.74) is 0. The predicted molar refractivity (Wildman–Crippen MR) is 52.0 cm³/mol. The first-order chi connectivity index (χ1) is 6.90. The molecule has 0 amide bonds. The van der Waals surface area contributed by atoms with Gasteiger partial charge in [0.1, 0.15) is 6.04 Å². The average Bonchev–Trinajstić information content (AvgIpc) is 2.10. The largest absolute Gasteiger partial charge is 0.481 e. The van der Waals surface area contributed by atoms with Crippen LogP contribution in [-0.4, -0.2) is 51.6 Å². The molecule has 0 heterocycles. The highest BCUT2D eigenvalue weighted by Crippen LogP contribution is 1.97. The summed E-state index contributed by atoms with van der Waals surface area (Å²) in [6.07, 6.45) is 0. The van der Waals surface area contributed by atoms with E-state index in [-0.39, 0.29) is 5.75 Å². The summed E-state index contributed by atoms with van der Waals surface area (Å²) >= 11 is 3.72. The van der Waals surface area contributed by atoms with Crippen molar-refractivity contribution < 1.29 is 29.7 Å². The van der Waals surface area contributed by atoms with Gasteiger partial charge in [0.2, 0.25) is 0 Å². The normalized spacial score (nSPS) is 12.4. The number of carbonyl (C=O) groups is 3. The minimum Gasteiger partial charge on any atom is -0.481 e. The number of hydrogen-bond donors (Lipinski definition) is 5. The Morgan fingerprint density at radius 1 is 1.07 bits per heavy atom. The third-order valence-corrected chi connectivity index (χ3v) is 2.01. The Kier molecular flexibility index (Phi) is 5.72. The van der Waals surface area contributed by atoms with Gasteiger partial charge in [0, 0.05) is 12.3 Å². The number of aliphatic carboxylic acids is 3. The summed E-state index contributed by atoms with van der Waals surface area (Å²) in [4.78, 5) is 31.3. The second-order valence-electron chi connectivity index (χ2n) is 2.71. The number of hydrogen-bond acceptors (Lipinski definition) is 5. The minimum atomic E-state index is -1.66. The van der Waals surface area contributed by atoms with E-state index < -0.39 is 36.4 Å². The molecule has 8 heteroatoms. The maximum atomic E-state index is 10.5. The molecule has 0 aromatic carbocycles. The fourth-order valence-electron chi connectivity index (χ4n) is 0.770. The lowest BCUT2D eigenvalue weighted by Crippen LogP contribution is -2.44. The molecule has 0 spiro atoms. The monoisotopic (exact) mass is 237 g/mol. The van der Waals surface area contributed by atoms with Crippen LogP contribution in [0, 0.1) is 5.92 Å². The van der Waals surface area contributed by atoms with Gasteiger partial charge in [-0.3, -0.25) is 14.4 Å². The topological polar surface area (TPSA) is 124 Å². The van der Waals surface area contributed by atoms with Crippen LogP contribution < -0.4 is 5.32 Å². The van der Waals surface area contributed by atoms with E-state index in [1.165, 1.54) is 0 Å². The Balaban J connectivity index is 4.26. The highest BCUT2D eigenvalue weighted by molar-refractivity contribution is 7.80. The quantitative estimate of drug-likeness (QED) is 0.276. The molecule has 4 N–H and O–H groups in total. The van der Waals surface area contributed by atoms with Crippen molar-refractivity contribution in [2.75, 3.05) is 12.3 Å². The van der Waals surface area contributed by atoms with E-state index in [2.05, 4.69) is 17.9 Å². The molecule has 0 aromatic heterocycles. The Hall–Kier alpha value is -1.28. The van der Waals surface area contributed by atoms with Gasteiger partial charge in [-0.2, -0.15) is 12.6 Å². The number of rotatable bonds is 7. The maximum absolute atomic E-state index is 10.5. The molecule has 15 heavy (non-hydrogen) atoms. The zero-order chi connectivity index (χ0) is 12.0. The number of nitrogens with one attached hydrogen (secondary N) is 1. The first-order valence-electron chi connectivity index (χ1n) is 3.92. The van der Waals surface area contributed by atoms with Crippen LogP contribution in [0.3, 0.4) is 0 Å². The zero-order valence-corrected chi connectivity index (χ0v) is 8.48. The number of carboxylic acid groups (broad SMARTS) is 3. The Bertz CT molecular complexity index is 254. The molecule has 0 aromatic rings. The van der Waals surface area contributed by atoms with Crippen LogP contribution in [0.25, 0.3) is 0 Å². The van der Waals surface area contributed by atoms with Crippen molar-refractivity contribution in [2.45, 2.75) is 6.04 Å². The van der Waals surface area contributed by atoms with Gasteiger partial charge in [0.25, 0.3) is 0 Å². The summed E-state index contributed by atoms with van der Waals surface area (Å²) < 4.78 is 0. The molecule has 0 unspecified atom stereocenters. The Morgan fingerprint density at radius 3 is 1.80 bits per heavy atom. The highest BCUT2D eigenvalue weighted by Gasteiger charge is 2.27. The van der Waals surface area contributed by atoms with Gasteiger partial charge in [0.15, 0.2) is 5.92 Å². The maximum Gasteiger partial charge on any atom is 0.321 e.